The third-order valence-electron chi connectivity index (χ3n) is 4.15. The molecule has 32 heavy (non-hydrogen) atoms. The zero-order valence-electron chi connectivity index (χ0n) is 16.5. The fourth-order valence-corrected chi connectivity index (χ4v) is 2.55. The lowest BCUT2D eigenvalue weighted by Crippen LogP contribution is -2.17. The summed E-state index contributed by atoms with van der Waals surface area (Å²) in [5.74, 6) is 0.0844. The Morgan fingerprint density at radius 1 is 1.00 bits per heavy atom. The summed E-state index contributed by atoms with van der Waals surface area (Å²) < 4.78 is 34.1. The van der Waals surface area contributed by atoms with E-state index in [1.807, 2.05) is 0 Å². The van der Waals surface area contributed by atoms with E-state index in [9.17, 15) is 23.7 Å². The van der Waals surface area contributed by atoms with Crippen LogP contribution < -0.4 is 14.9 Å². The van der Waals surface area contributed by atoms with Gasteiger partial charge in [-0.3, -0.25) is 14.9 Å². The number of hydrazone groups is 1. The predicted molar refractivity (Wildman–Crippen MR) is 112 cm³/mol. The van der Waals surface area contributed by atoms with E-state index in [-0.39, 0.29) is 18.0 Å². The maximum absolute atomic E-state index is 12.2. The summed E-state index contributed by atoms with van der Waals surface area (Å²) in [6.07, 6.45) is 1.37. The van der Waals surface area contributed by atoms with Gasteiger partial charge in [0.2, 0.25) is 0 Å². The number of hydrogen-bond acceptors (Lipinski definition) is 6. The molecule has 0 saturated carbocycles. The van der Waals surface area contributed by atoms with Crippen molar-refractivity contribution in [1.82, 2.24) is 5.43 Å². The van der Waals surface area contributed by atoms with E-state index in [1.165, 1.54) is 54.7 Å². The number of non-ortho nitro benzene ring substituents is 1. The van der Waals surface area contributed by atoms with E-state index < -0.39 is 17.4 Å². The van der Waals surface area contributed by atoms with Crippen LogP contribution in [0.5, 0.6) is 11.5 Å². The summed E-state index contributed by atoms with van der Waals surface area (Å²) in [5.41, 5.74) is 4.12. The van der Waals surface area contributed by atoms with E-state index in [1.54, 1.807) is 24.3 Å². The monoisotopic (exact) mass is 441 g/mol. The molecule has 0 spiro atoms. The minimum Gasteiger partial charge on any atom is -0.489 e. The van der Waals surface area contributed by atoms with Crippen LogP contribution in [0, 0.1) is 10.1 Å². The Labute approximate surface area is 181 Å². The smallest absolute Gasteiger partial charge is 0.387 e. The average Bonchev–Trinajstić information content (AvgIpc) is 2.79. The molecule has 0 radical (unpaired) electrons. The van der Waals surface area contributed by atoms with Crippen molar-refractivity contribution in [3.8, 4) is 11.5 Å². The Hall–Kier alpha value is -4.34. The van der Waals surface area contributed by atoms with Crippen molar-refractivity contribution in [2.45, 2.75) is 13.2 Å². The van der Waals surface area contributed by atoms with Crippen LogP contribution in [0.15, 0.2) is 77.9 Å². The first kappa shape index (κ1) is 22.3. The Morgan fingerprint density at radius 2 is 1.62 bits per heavy atom. The number of alkyl halides is 2. The molecule has 0 aliphatic heterocycles. The van der Waals surface area contributed by atoms with Gasteiger partial charge in [0.1, 0.15) is 18.1 Å². The largest absolute Gasteiger partial charge is 0.489 e. The van der Waals surface area contributed by atoms with Crippen molar-refractivity contribution in [2.75, 3.05) is 0 Å². The third kappa shape index (κ3) is 6.59. The topological polar surface area (TPSA) is 103 Å². The van der Waals surface area contributed by atoms with Crippen LogP contribution in [0.3, 0.4) is 0 Å². The second-order valence-electron chi connectivity index (χ2n) is 6.38. The van der Waals surface area contributed by atoms with Crippen molar-refractivity contribution in [3.63, 3.8) is 0 Å². The molecule has 0 heterocycles. The quantitative estimate of drug-likeness (QED) is 0.298. The first-order valence-corrected chi connectivity index (χ1v) is 9.25. The van der Waals surface area contributed by atoms with E-state index >= 15 is 0 Å². The van der Waals surface area contributed by atoms with Gasteiger partial charge in [0, 0.05) is 17.7 Å². The van der Waals surface area contributed by atoms with Crippen LogP contribution in [-0.2, 0) is 6.61 Å². The van der Waals surface area contributed by atoms with Gasteiger partial charge in [-0.2, -0.15) is 13.9 Å². The molecule has 0 unspecified atom stereocenters. The number of rotatable bonds is 9. The van der Waals surface area contributed by atoms with E-state index in [0.717, 1.165) is 5.56 Å². The number of nitrogens with zero attached hydrogens (tertiary/aromatic N) is 2. The molecular formula is C22H17F2N3O5. The molecule has 0 aromatic heterocycles. The number of amides is 1. The molecule has 0 aliphatic carbocycles. The number of carbonyl (C=O) groups excluding carboxylic acids is 1. The van der Waals surface area contributed by atoms with Gasteiger partial charge in [-0.15, -0.1) is 0 Å². The van der Waals surface area contributed by atoms with Crippen LogP contribution in [0.4, 0.5) is 14.5 Å². The second kappa shape index (κ2) is 10.6. The van der Waals surface area contributed by atoms with Crippen LogP contribution in [0.1, 0.15) is 21.5 Å². The Balaban J connectivity index is 1.49. The zero-order valence-corrected chi connectivity index (χ0v) is 16.5. The number of carbonyl (C=O) groups is 1. The van der Waals surface area contributed by atoms with Crippen molar-refractivity contribution in [2.24, 2.45) is 5.10 Å². The molecule has 0 saturated heterocycles. The minimum atomic E-state index is -2.89. The van der Waals surface area contributed by atoms with Crippen LogP contribution in [-0.4, -0.2) is 23.7 Å². The van der Waals surface area contributed by atoms with E-state index in [0.29, 0.717) is 16.9 Å². The van der Waals surface area contributed by atoms with Gasteiger partial charge in [-0.05, 0) is 59.7 Å². The normalized spacial score (nSPS) is 10.8. The van der Waals surface area contributed by atoms with Gasteiger partial charge < -0.3 is 9.47 Å². The third-order valence-corrected chi connectivity index (χ3v) is 4.15. The zero-order chi connectivity index (χ0) is 22.9. The van der Waals surface area contributed by atoms with Crippen molar-refractivity contribution < 1.29 is 28.0 Å². The lowest BCUT2D eigenvalue weighted by atomic mass is 10.1. The lowest BCUT2D eigenvalue weighted by molar-refractivity contribution is -0.384. The fourth-order valence-electron chi connectivity index (χ4n) is 2.55. The Morgan fingerprint density at radius 3 is 2.22 bits per heavy atom. The number of nitro groups is 1. The summed E-state index contributed by atoms with van der Waals surface area (Å²) in [6.45, 7) is -2.67. The summed E-state index contributed by atoms with van der Waals surface area (Å²) in [5, 5.41) is 14.5. The molecule has 0 fully saturated rings. The highest BCUT2D eigenvalue weighted by atomic mass is 19.3. The van der Waals surface area contributed by atoms with Gasteiger partial charge in [-0.25, -0.2) is 5.43 Å². The number of benzene rings is 3. The molecule has 1 N–H and O–H groups in total. The summed E-state index contributed by atoms with van der Waals surface area (Å²) in [4.78, 5) is 22.3. The van der Waals surface area contributed by atoms with Crippen LogP contribution in [0.2, 0.25) is 0 Å². The number of nitrogens with one attached hydrogen (secondary N) is 1. The summed E-state index contributed by atoms with van der Waals surface area (Å²) >= 11 is 0. The number of ether oxygens (including phenoxy) is 2. The van der Waals surface area contributed by atoms with Gasteiger partial charge in [0.05, 0.1) is 11.1 Å². The average molecular weight is 441 g/mol. The van der Waals surface area contributed by atoms with Gasteiger partial charge in [0.15, 0.2) is 0 Å². The van der Waals surface area contributed by atoms with E-state index in [4.69, 9.17) is 4.74 Å². The molecule has 3 aromatic rings. The summed E-state index contributed by atoms with van der Waals surface area (Å²) in [7, 11) is 0. The highest BCUT2D eigenvalue weighted by molar-refractivity contribution is 5.94. The Kier molecular flexibility index (Phi) is 7.42. The molecule has 0 aliphatic rings. The first-order chi connectivity index (χ1) is 15.4. The van der Waals surface area contributed by atoms with E-state index in [2.05, 4.69) is 15.3 Å². The SMILES string of the molecule is O=C(N/N=C\c1ccc(OC(F)F)cc1)c1ccc(COc2ccc([N+](=O)[O-])cc2)cc1. The van der Waals surface area contributed by atoms with Crippen molar-refractivity contribution in [3.05, 3.63) is 99.6 Å². The molecule has 1 amide bonds. The standard InChI is InChI=1S/C22H17F2N3O5/c23-22(24)32-20-9-3-15(4-10-20)13-25-26-21(28)17-5-1-16(2-6-17)14-31-19-11-7-18(8-12-19)27(29)30/h1-13,22H,14H2,(H,26,28)/b25-13-. The molecule has 8 nitrogen and oxygen atoms in total. The highest BCUT2D eigenvalue weighted by Gasteiger charge is 2.07. The maximum Gasteiger partial charge on any atom is 0.387 e. The molecule has 164 valence electrons. The fraction of sp³-hybridized carbons (Fsp3) is 0.0909. The molecule has 3 rings (SSSR count). The number of hydrogen-bond donors (Lipinski definition) is 1. The van der Waals surface area contributed by atoms with Crippen LogP contribution >= 0.6 is 0 Å². The lowest BCUT2D eigenvalue weighted by Gasteiger charge is -2.07. The summed E-state index contributed by atoms with van der Waals surface area (Å²) in [6, 6.07) is 18.2. The number of nitro benzene ring substituents is 1. The van der Waals surface area contributed by atoms with Gasteiger partial charge in [-0.1, -0.05) is 12.1 Å². The maximum atomic E-state index is 12.2. The minimum absolute atomic E-state index is 0.0202. The molecule has 10 heteroatoms. The number of halogens is 2. The van der Waals surface area contributed by atoms with Crippen molar-refractivity contribution in [1.29, 1.82) is 0 Å². The molecule has 0 atom stereocenters. The van der Waals surface area contributed by atoms with Gasteiger partial charge in [0.25, 0.3) is 11.6 Å². The predicted octanol–water partition coefficient (Wildman–Crippen LogP) is 4.54. The van der Waals surface area contributed by atoms with Crippen LogP contribution in [0.25, 0.3) is 0 Å². The molecule has 3 aromatic carbocycles. The highest BCUT2D eigenvalue weighted by Crippen LogP contribution is 2.18. The first-order valence-electron chi connectivity index (χ1n) is 9.25. The molecular weight excluding hydrogens is 424 g/mol. The molecule has 0 bridgehead atoms. The Bertz CT molecular complexity index is 1090. The van der Waals surface area contributed by atoms with Gasteiger partial charge >= 0.3 is 6.61 Å². The van der Waals surface area contributed by atoms with Crippen molar-refractivity contribution >= 4 is 17.8 Å². The second-order valence-corrected chi connectivity index (χ2v) is 6.38.